The van der Waals surface area contributed by atoms with Crippen LogP contribution >= 0.6 is 11.6 Å². The summed E-state index contributed by atoms with van der Waals surface area (Å²) in [5, 5.41) is 3.95. The van der Waals surface area contributed by atoms with E-state index in [4.69, 9.17) is 11.6 Å². The molecule has 0 bridgehead atoms. The average Bonchev–Trinajstić information content (AvgIpc) is 2.92. The fourth-order valence-corrected chi connectivity index (χ4v) is 3.51. The van der Waals surface area contributed by atoms with Crippen molar-refractivity contribution in [2.45, 2.75) is 19.9 Å². The van der Waals surface area contributed by atoms with Crippen molar-refractivity contribution in [3.05, 3.63) is 70.4 Å². The van der Waals surface area contributed by atoms with E-state index in [2.05, 4.69) is 14.9 Å². The van der Waals surface area contributed by atoms with Crippen molar-refractivity contribution < 1.29 is 4.79 Å². The number of para-hydroxylation sites is 2. The van der Waals surface area contributed by atoms with Crippen molar-refractivity contribution in [3.63, 3.8) is 0 Å². The number of nitrogens with one attached hydrogen (secondary N) is 1. The second-order valence-electron chi connectivity index (χ2n) is 5.97. The number of aromatic nitrogens is 2. The molecule has 24 heavy (non-hydrogen) atoms. The summed E-state index contributed by atoms with van der Waals surface area (Å²) in [6.45, 7) is 3.52. The smallest absolute Gasteiger partial charge is 0.209 e. The number of hydrogen-bond donors (Lipinski definition) is 1. The van der Waals surface area contributed by atoms with E-state index in [1.165, 1.54) is 0 Å². The van der Waals surface area contributed by atoms with Crippen LogP contribution in [-0.4, -0.2) is 15.3 Å². The number of anilines is 1. The molecule has 0 saturated heterocycles. The molecule has 2 heterocycles. The maximum Gasteiger partial charge on any atom is 0.209 e. The number of carbonyl (C=O) groups is 1. The van der Waals surface area contributed by atoms with E-state index in [0.717, 1.165) is 33.8 Å². The van der Waals surface area contributed by atoms with Crippen molar-refractivity contribution in [1.29, 1.82) is 0 Å². The van der Waals surface area contributed by atoms with Gasteiger partial charge >= 0.3 is 0 Å². The molecule has 0 radical (unpaired) electrons. The van der Waals surface area contributed by atoms with Crippen LogP contribution in [0.2, 0.25) is 5.02 Å². The molecule has 1 atom stereocenters. The Morgan fingerprint density at radius 1 is 1.17 bits per heavy atom. The molecule has 1 aliphatic rings. The third-order valence-corrected chi connectivity index (χ3v) is 4.65. The van der Waals surface area contributed by atoms with E-state index in [1.807, 2.05) is 55.5 Å². The SMILES string of the molecule is CC(=O)C1=C(C)Nc2nc3ccccc3n2[C@@H]1c1ccc(Cl)cc1. The van der Waals surface area contributed by atoms with Crippen LogP contribution in [0, 0.1) is 0 Å². The molecule has 0 aliphatic carbocycles. The Morgan fingerprint density at radius 2 is 1.88 bits per heavy atom. The van der Waals surface area contributed by atoms with Crippen molar-refractivity contribution in [3.8, 4) is 0 Å². The number of rotatable bonds is 2. The summed E-state index contributed by atoms with van der Waals surface area (Å²) in [6, 6.07) is 15.4. The Bertz CT molecular complexity index is 986. The summed E-state index contributed by atoms with van der Waals surface area (Å²) >= 11 is 6.04. The molecule has 4 rings (SSSR count). The summed E-state index contributed by atoms with van der Waals surface area (Å²) in [7, 11) is 0. The van der Waals surface area contributed by atoms with Gasteiger partial charge in [-0.2, -0.15) is 0 Å². The van der Waals surface area contributed by atoms with Crippen LogP contribution < -0.4 is 5.32 Å². The quantitative estimate of drug-likeness (QED) is 0.745. The molecule has 1 aromatic heterocycles. The topological polar surface area (TPSA) is 46.9 Å². The highest BCUT2D eigenvalue weighted by atomic mass is 35.5. The van der Waals surface area contributed by atoms with Gasteiger partial charge in [-0.25, -0.2) is 4.98 Å². The number of allylic oxidation sites excluding steroid dienone is 2. The molecular weight excluding hydrogens is 322 g/mol. The highest BCUT2D eigenvalue weighted by Crippen LogP contribution is 2.39. The van der Waals surface area contributed by atoms with Gasteiger partial charge in [-0.05, 0) is 43.7 Å². The fraction of sp³-hybridized carbons (Fsp3) is 0.158. The Hall–Kier alpha value is -2.59. The molecule has 120 valence electrons. The van der Waals surface area contributed by atoms with Crippen LogP contribution in [0.25, 0.3) is 11.0 Å². The third kappa shape index (κ3) is 2.22. The Kier molecular flexibility index (Phi) is 3.43. The first kappa shape index (κ1) is 15.0. The molecule has 0 saturated carbocycles. The zero-order valence-corrected chi connectivity index (χ0v) is 14.1. The maximum atomic E-state index is 12.4. The predicted molar refractivity (Wildman–Crippen MR) is 96.3 cm³/mol. The molecule has 0 spiro atoms. The van der Waals surface area contributed by atoms with E-state index >= 15 is 0 Å². The van der Waals surface area contributed by atoms with Crippen molar-refractivity contribution in [1.82, 2.24) is 9.55 Å². The lowest BCUT2D eigenvalue weighted by Gasteiger charge is -2.30. The Morgan fingerprint density at radius 3 is 2.58 bits per heavy atom. The summed E-state index contributed by atoms with van der Waals surface area (Å²) < 4.78 is 2.09. The van der Waals surface area contributed by atoms with Crippen LogP contribution in [0.4, 0.5) is 5.95 Å². The Labute approximate surface area is 144 Å². The van der Waals surface area contributed by atoms with E-state index in [1.54, 1.807) is 6.92 Å². The van der Waals surface area contributed by atoms with Crippen LogP contribution in [0.15, 0.2) is 59.8 Å². The molecular formula is C19H16ClN3O. The number of carbonyl (C=O) groups excluding carboxylic acids is 1. The highest BCUT2D eigenvalue weighted by molar-refractivity contribution is 6.30. The molecule has 3 aromatic rings. The van der Waals surface area contributed by atoms with Gasteiger partial charge < -0.3 is 5.32 Å². The monoisotopic (exact) mass is 337 g/mol. The number of hydrogen-bond acceptors (Lipinski definition) is 3. The number of fused-ring (bicyclic) bond motifs is 3. The van der Waals surface area contributed by atoms with Crippen molar-refractivity contribution in [2.75, 3.05) is 5.32 Å². The Balaban J connectivity index is 2.03. The molecule has 1 N–H and O–H groups in total. The minimum absolute atomic E-state index is 0.0448. The van der Waals surface area contributed by atoms with Crippen molar-refractivity contribution >= 4 is 34.4 Å². The van der Waals surface area contributed by atoms with Gasteiger partial charge in [-0.3, -0.25) is 9.36 Å². The van der Waals surface area contributed by atoms with Gasteiger partial charge in [0.1, 0.15) is 0 Å². The summed E-state index contributed by atoms with van der Waals surface area (Å²) in [5.41, 5.74) is 4.48. The lowest BCUT2D eigenvalue weighted by molar-refractivity contribution is -0.114. The largest absolute Gasteiger partial charge is 0.329 e. The second-order valence-corrected chi connectivity index (χ2v) is 6.40. The van der Waals surface area contributed by atoms with Gasteiger partial charge in [0.2, 0.25) is 5.95 Å². The first-order valence-corrected chi connectivity index (χ1v) is 8.15. The number of halogens is 1. The van der Waals surface area contributed by atoms with Gasteiger partial charge in [-0.15, -0.1) is 0 Å². The molecule has 2 aromatic carbocycles. The summed E-state index contributed by atoms with van der Waals surface area (Å²) in [4.78, 5) is 17.0. The number of ketones is 1. The molecule has 1 aliphatic heterocycles. The number of nitrogens with zero attached hydrogens (tertiary/aromatic N) is 2. The lowest BCUT2D eigenvalue weighted by atomic mass is 9.92. The summed E-state index contributed by atoms with van der Waals surface area (Å²) in [5.74, 6) is 0.794. The van der Waals surface area contributed by atoms with E-state index in [-0.39, 0.29) is 11.8 Å². The van der Waals surface area contributed by atoms with Gasteiger partial charge in [0.05, 0.1) is 17.1 Å². The number of imidazole rings is 1. The molecule has 0 unspecified atom stereocenters. The zero-order valence-electron chi connectivity index (χ0n) is 13.4. The molecule has 5 heteroatoms. The first-order valence-electron chi connectivity index (χ1n) is 7.77. The van der Waals surface area contributed by atoms with Gasteiger partial charge in [-0.1, -0.05) is 35.9 Å². The minimum Gasteiger partial charge on any atom is -0.329 e. The average molecular weight is 338 g/mol. The van der Waals surface area contributed by atoms with Gasteiger partial charge in [0, 0.05) is 16.3 Å². The fourth-order valence-electron chi connectivity index (χ4n) is 3.38. The van der Waals surface area contributed by atoms with Crippen molar-refractivity contribution in [2.24, 2.45) is 0 Å². The maximum absolute atomic E-state index is 12.4. The number of Topliss-reactive ketones (excluding diaryl/α,β-unsaturated/α-hetero) is 1. The molecule has 0 fully saturated rings. The van der Waals surface area contributed by atoms with Crippen LogP contribution in [0.3, 0.4) is 0 Å². The van der Waals surface area contributed by atoms with E-state index < -0.39 is 0 Å². The van der Waals surface area contributed by atoms with Crippen LogP contribution in [0.1, 0.15) is 25.5 Å². The van der Waals surface area contributed by atoms with E-state index in [9.17, 15) is 4.79 Å². The summed E-state index contributed by atoms with van der Waals surface area (Å²) in [6.07, 6.45) is 0. The highest BCUT2D eigenvalue weighted by Gasteiger charge is 2.32. The first-order chi connectivity index (χ1) is 11.6. The van der Waals surface area contributed by atoms with Gasteiger partial charge in [0.15, 0.2) is 5.78 Å². The second kappa shape index (κ2) is 5.49. The standard InChI is InChI=1S/C19H16ClN3O/c1-11-17(12(2)24)18(13-7-9-14(20)10-8-13)23-16-6-4-3-5-15(16)22-19(23)21-11/h3-10,18H,1-2H3,(H,21,22)/t18-/m1/s1. The molecule has 4 nitrogen and oxygen atoms in total. The molecule has 0 amide bonds. The lowest BCUT2D eigenvalue weighted by Crippen LogP contribution is -2.26. The third-order valence-electron chi connectivity index (χ3n) is 4.40. The van der Waals surface area contributed by atoms with E-state index in [0.29, 0.717) is 5.02 Å². The van der Waals surface area contributed by atoms with Crippen LogP contribution in [-0.2, 0) is 4.79 Å². The number of benzene rings is 2. The van der Waals surface area contributed by atoms with Crippen LogP contribution in [0.5, 0.6) is 0 Å². The zero-order chi connectivity index (χ0) is 16.8. The normalized spacial score (nSPS) is 16.9. The van der Waals surface area contributed by atoms with Gasteiger partial charge in [0.25, 0.3) is 0 Å². The minimum atomic E-state index is -0.219. The predicted octanol–water partition coefficient (Wildman–Crippen LogP) is 4.57.